The average Bonchev–Trinajstić information content (AvgIpc) is 2.83. The molecule has 9 heteroatoms. The second-order valence-electron chi connectivity index (χ2n) is 7.44. The zero-order valence-corrected chi connectivity index (χ0v) is 17.2. The molecule has 1 aromatic heterocycles. The van der Waals surface area contributed by atoms with Gasteiger partial charge in [0.05, 0.1) is 5.56 Å². The van der Waals surface area contributed by atoms with Crippen LogP contribution < -0.4 is 5.32 Å². The van der Waals surface area contributed by atoms with Gasteiger partial charge in [-0.1, -0.05) is 36.4 Å². The average molecular weight is 453 g/mol. The molecule has 0 fully saturated rings. The number of rotatable bonds is 5. The molecule has 3 aromatic rings. The molecule has 2 aromatic carbocycles. The third-order valence-corrected chi connectivity index (χ3v) is 5.34. The third-order valence-electron chi connectivity index (χ3n) is 5.34. The maximum Gasteiger partial charge on any atom is 0.416 e. The van der Waals surface area contributed by atoms with Gasteiger partial charge >= 0.3 is 6.18 Å². The SMILES string of the molecule is O=C(NC(C(=O)c1ccc(C(F)(F)F)cc1)N1CCc2cccnc2C1=O)c1ccccc1. The summed E-state index contributed by atoms with van der Waals surface area (Å²) < 4.78 is 38.8. The van der Waals surface area contributed by atoms with Crippen molar-refractivity contribution < 1.29 is 27.6 Å². The molecular weight excluding hydrogens is 435 g/mol. The molecule has 0 saturated carbocycles. The monoisotopic (exact) mass is 453 g/mol. The highest BCUT2D eigenvalue weighted by Crippen LogP contribution is 2.29. The molecule has 1 N–H and O–H groups in total. The van der Waals surface area contributed by atoms with Crippen LogP contribution in [-0.4, -0.2) is 40.2 Å². The molecule has 1 aliphatic rings. The van der Waals surface area contributed by atoms with Crippen LogP contribution in [0.15, 0.2) is 72.9 Å². The summed E-state index contributed by atoms with van der Waals surface area (Å²) in [5, 5.41) is 2.57. The van der Waals surface area contributed by atoms with Crippen LogP contribution >= 0.6 is 0 Å². The number of ketones is 1. The van der Waals surface area contributed by atoms with Crippen LogP contribution in [0.5, 0.6) is 0 Å². The van der Waals surface area contributed by atoms with Gasteiger partial charge < -0.3 is 10.2 Å². The van der Waals surface area contributed by atoms with Crippen molar-refractivity contribution in [3.63, 3.8) is 0 Å². The number of amides is 2. The summed E-state index contributed by atoms with van der Waals surface area (Å²) in [6, 6.07) is 15.2. The number of hydrogen-bond donors (Lipinski definition) is 1. The number of nitrogens with one attached hydrogen (secondary N) is 1. The van der Waals surface area contributed by atoms with E-state index in [0.29, 0.717) is 12.0 Å². The highest BCUT2D eigenvalue weighted by molar-refractivity contribution is 6.07. The van der Waals surface area contributed by atoms with Gasteiger partial charge in [0.1, 0.15) is 5.69 Å². The summed E-state index contributed by atoms with van der Waals surface area (Å²) in [4.78, 5) is 44.5. The molecule has 1 atom stereocenters. The number of benzene rings is 2. The van der Waals surface area contributed by atoms with Gasteiger partial charge in [0.2, 0.25) is 5.78 Å². The molecule has 168 valence electrons. The van der Waals surface area contributed by atoms with Crippen molar-refractivity contribution in [1.82, 2.24) is 15.2 Å². The minimum Gasteiger partial charge on any atom is -0.325 e. The van der Waals surface area contributed by atoms with Gasteiger partial charge in [0, 0.05) is 23.9 Å². The van der Waals surface area contributed by atoms with Crippen molar-refractivity contribution in [1.29, 1.82) is 0 Å². The lowest BCUT2D eigenvalue weighted by atomic mass is 10.0. The first kappa shape index (κ1) is 22.2. The topological polar surface area (TPSA) is 79.4 Å². The summed E-state index contributed by atoms with van der Waals surface area (Å²) in [5.74, 6) is -1.85. The Hall–Kier alpha value is -4.01. The number of halogens is 3. The maximum absolute atomic E-state index is 13.3. The normalized spacial score (nSPS) is 14.4. The first-order valence-corrected chi connectivity index (χ1v) is 10.1. The molecule has 0 radical (unpaired) electrons. The Bertz CT molecular complexity index is 1190. The van der Waals surface area contributed by atoms with E-state index in [4.69, 9.17) is 0 Å². The second kappa shape index (κ2) is 8.85. The molecule has 0 aliphatic carbocycles. The van der Waals surface area contributed by atoms with Gasteiger partial charge in [-0.05, 0) is 42.3 Å². The Balaban J connectivity index is 1.68. The lowest BCUT2D eigenvalue weighted by molar-refractivity contribution is -0.137. The standard InChI is InChI=1S/C24H18F3N3O3/c25-24(26,27)18-10-8-16(9-11-18)20(31)21(29-22(32)17-5-2-1-3-6-17)30-14-12-15-7-4-13-28-19(15)23(30)33/h1-11,13,21H,12,14H2,(H,29,32). The van der Waals surface area contributed by atoms with Gasteiger partial charge in [0.25, 0.3) is 11.8 Å². The number of carbonyl (C=O) groups excluding carboxylic acids is 3. The van der Waals surface area contributed by atoms with Crippen molar-refractivity contribution in [3.05, 3.63) is 101 Å². The first-order valence-electron chi connectivity index (χ1n) is 10.1. The van der Waals surface area contributed by atoms with Crippen LogP contribution in [0.25, 0.3) is 0 Å². The molecule has 2 heterocycles. The van der Waals surface area contributed by atoms with E-state index in [1.54, 1.807) is 42.5 Å². The van der Waals surface area contributed by atoms with Crippen LogP contribution in [0.2, 0.25) is 0 Å². The van der Waals surface area contributed by atoms with E-state index in [-0.39, 0.29) is 23.4 Å². The molecule has 0 bridgehead atoms. The number of alkyl halides is 3. The van der Waals surface area contributed by atoms with E-state index < -0.39 is 35.5 Å². The Morgan fingerprint density at radius 2 is 1.64 bits per heavy atom. The zero-order valence-electron chi connectivity index (χ0n) is 17.2. The lowest BCUT2D eigenvalue weighted by Crippen LogP contribution is -2.57. The molecule has 0 spiro atoms. The van der Waals surface area contributed by atoms with E-state index in [9.17, 15) is 27.6 Å². The van der Waals surface area contributed by atoms with Crippen molar-refractivity contribution in [2.45, 2.75) is 18.8 Å². The van der Waals surface area contributed by atoms with E-state index in [0.717, 1.165) is 24.3 Å². The number of carbonyl (C=O) groups is 3. The van der Waals surface area contributed by atoms with E-state index in [1.165, 1.54) is 11.1 Å². The number of nitrogens with zero attached hydrogens (tertiary/aromatic N) is 2. The first-order chi connectivity index (χ1) is 15.8. The Morgan fingerprint density at radius 3 is 2.30 bits per heavy atom. The number of fused-ring (bicyclic) bond motifs is 1. The lowest BCUT2D eigenvalue weighted by Gasteiger charge is -2.34. The Morgan fingerprint density at radius 1 is 0.939 bits per heavy atom. The highest BCUT2D eigenvalue weighted by atomic mass is 19.4. The van der Waals surface area contributed by atoms with Gasteiger partial charge in [0.15, 0.2) is 6.17 Å². The summed E-state index contributed by atoms with van der Waals surface area (Å²) in [6.07, 6.45) is -4.11. The van der Waals surface area contributed by atoms with Crippen molar-refractivity contribution in [2.24, 2.45) is 0 Å². The molecule has 1 unspecified atom stereocenters. The van der Waals surface area contributed by atoms with E-state index >= 15 is 0 Å². The summed E-state index contributed by atoms with van der Waals surface area (Å²) in [6.45, 7) is 0.129. The van der Waals surface area contributed by atoms with Crippen LogP contribution in [-0.2, 0) is 12.6 Å². The van der Waals surface area contributed by atoms with Crippen LogP contribution in [0.1, 0.15) is 42.3 Å². The predicted octanol–water partition coefficient (Wildman–Crippen LogP) is 3.74. The van der Waals surface area contributed by atoms with Crippen LogP contribution in [0.4, 0.5) is 13.2 Å². The van der Waals surface area contributed by atoms with Gasteiger partial charge in [-0.2, -0.15) is 13.2 Å². The van der Waals surface area contributed by atoms with Gasteiger partial charge in [-0.3, -0.25) is 19.4 Å². The molecule has 0 saturated heterocycles. The molecular formula is C24H18F3N3O3. The smallest absolute Gasteiger partial charge is 0.325 e. The second-order valence-corrected chi connectivity index (χ2v) is 7.44. The minimum atomic E-state index is -4.55. The Labute approximate surface area is 187 Å². The fraction of sp³-hybridized carbons (Fsp3) is 0.167. The predicted molar refractivity (Wildman–Crippen MR) is 112 cm³/mol. The number of aromatic nitrogens is 1. The largest absolute Gasteiger partial charge is 0.416 e. The van der Waals surface area contributed by atoms with Gasteiger partial charge in [-0.25, -0.2) is 0 Å². The van der Waals surface area contributed by atoms with Gasteiger partial charge in [-0.15, -0.1) is 0 Å². The van der Waals surface area contributed by atoms with Crippen LogP contribution in [0.3, 0.4) is 0 Å². The van der Waals surface area contributed by atoms with E-state index in [2.05, 4.69) is 10.3 Å². The number of Topliss-reactive ketones (excluding diaryl/α,β-unsaturated/α-hetero) is 1. The minimum absolute atomic E-state index is 0.0685. The summed E-state index contributed by atoms with van der Waals surface area (Å²) >= 11 is 0. The van der Waals surface area contributed by atoms with Crippen molar-refractivity contribution in [2.75, 3.05) is 6.54 Å². The fourth-order valence-electron chi connectivity index (χ4n) is 3.62. The van der Waals surface area contributed by atoms with Crippen molar-refractivity contribution >= 4 is 17.6 Å². The maximum atomic E-state index is 13.3. The third kappa shape index (κ3) is 4.62. The summed E-state index contributed by atoms with van der Waals surface area (Å²) in [7, 11) is 0. The quantitative estimate of drug-likeness (QED) is 0.597. The summed E-state index contributed by atoms with van der Waals surface area (Å²) in [5.41, 5.74) is 0.180. The fourth-order valence-corrected chi connectivity index (χ4v) is 3.62. The highest BCUT2D eigenvalue weighted by Gasteiger charge is 2.37. The molecule has 6 nitrogen and oxygen atoms in total. The van der Waals surface area contributed by atoms with Crippen LogP contribution in [0, 0.1) is 0 Å². The molecule has 1 aliphatic heterocycles. The Kier molecular flexibility index (Phi) is 5.95. The number of pyridine rings is 1. The molecule has 4 rings (SSSR count). The molecule has 2 amide bonds. The van der Waals surface area contributed by atoms with E-state index in [1.807, 2.05) is 0 Å². The van der Waals surface area contributed by atoms with Crippen molar-refractivity contribution in [3.8, 4) is 0 Å². The zero-order chi connectivity index (χ0) is 23.6. The number of hydrogen-bond acceptors (Lipinski definition) is 4. The molecule has 33 heavy (non-hydrogen) atoms.